The van der Waals surface area contributed by atoms with E-state index < -0.39 is 0 Å². The highest BCUT2D eigenvalue weighted by Crippen LogP contribution is 2.14. The van der Waals surface area contributed by atoms with E-state index in [0.29, 0.717) is 13.0 Å². The zero-order chi connectivity index (χ0) is 13.4. The van der Waals surface area contributed by atoms with Gasteiger partial charge in [-0.3, -0.25) is 4.79 Å². The summed E-state index contributed by atoms with van der Waals surface area (Å²) in [5, 5.41) is 3.41. The largest absolute Gasteiger partial charge is 0.378 e. The number of rotatable bonds is 5. The lowest BCUT2D eigenvalue weighted by Crippen LogP contribution is -2.11. The normalized spacial score (nSPS) is 11.5. The van der Waals surface area contributed by atoms with Crippen molar-refractivity contribution in [3.05, 3.63) is 11.8 Å². The molecule has 0 radical (unpaired) electrons. The monoisotopic (exact) mass is 266 g/mol. The summed E-state index contributed by atoms with van der Waals surface area (Å²) in [5.74, 6) is 5.11. The Morgan fingerprint density at radius 1 is 1.61 bits per heavy atom. The molecular weight excluding hydrogens is 248 g/mol. The van der Waals surface area contributed by atoms with Gasteiger partial charge in [0.05, 0.1) is 11.8 Å². The van der Waals surface area contributed by atoms with Gasteiger partial charge < -0.3 is 10.1 Å². The van der Waals surface area contributed by atoms with Gasteiger partial charge in [-0.2, -0.15) is 4.37 Å². The third-order valence-electron chi connectivity index (χ3n) is 2.25. The molecule has 18 heavy (non-hydrogen) atoms. The summed E-state index contributed by atoms with van der Waals surface area (Å²) in [5.41, 5.74) is 0.894. The van der Waals surface area contributed by atoms with Crippen LogP contribution in [0.5, 0.6) is 0 Å². The Bertz CT molecular complexity index is 445. The molecule has 0 spiro atoms. The van der Waals surface area contributed by atoms with Gasteiger partial charge >= 0.3 is 5.91 Å². The fourth-order valence-electron chi connectivity index (χ4n) is 1.37. The van der Waals surface area contributed by atoms with Crippen LogP contribution in [-0.2, 0) is 9.53 Å². The first-order valence-corrected chi connectivity index (χ1v) is 6.77. The average Bonchev–Trinajstić information content (AvgIpc) is 2.73. The molecule has 1 atom stereocenters. The van der Waals surface area contributed by atoms with Crippen molar-refractivity contribution in [2.45, 2.75) is 39.7 Å². The lowest BCUT2D eigenvalue weighted by Gasteiger charge is -2.10. The summed E-state index contributed by atoms with van der Waals surface area (Å²) in [6.45, 7) is 6.55. The molecule has 1 amide bonds. The second kappa shape index (κ2) is 7.85. The molecule has 0 bridgehead atoms. The van der Waals surface area contributed by atoms with Crippen LogP contribution in [0.4, 0.5) is 5.00 Å². The Kier molecular flexibility index (Phi) is 6.40. The first-order chi connectivity index (χ1) is 8.65. The van der Waals surface area contributed by atoms with Gasteiger partial charge in [0.1, 0.15) is 5.00 Å². The molecule has 0 aliphatic heterocycles. The van der Waals surface area contributed by atoms with Crippen LogP contribution in [0.3, 0.4) is 0 Å². The first-order valence-electron chi connectivity index (χ1n) is 6.00. The second-order valence-corrected chi connectivity index (χ2v) is 4.58. The van der Waals surface area contributed by atoms with Crippen molar-refractivity contribution in [1.82, 2.24) is 4.37 Å². The smallest absolute Gasteiger partial charge is 0.300 e. The summed E-state index contributed by atoms with van der Waals surface area (Å²) in [6, 6.07) is 1.82. The quantitative estimate of drug-likeness (QED) is 0.833. The van der Waals surface area contributed by atoms with E-state index in [2.05, 4.69) is 21.5 Å². The Balaban J connectivity index is 2.40. The van der Waals surface area contributed by atoms with Crippen molar-refractivity contribution in [3.8, 4) is 11.8 Å². The van der Waals surface area contributed by atoms with E-state index >= 15 is 0 Å². The highest BCUT2D eigenvalue weighted by molar-refractivity contribution is 7.10. The van der Waals surface area contributed by atoms with E-state index in [0.717, 1.165) is 17.1 Å². The predicted octanol–water partition coefficient (Wildman–Crippen LogP) is 2.60. The fraction of sp³-hybridized carbons (Fsp3) is 0.538. The number of hydrogen-bond donors (Lipinski definition) is 1. The molecule has 0 aliphatic carbocycles. The molecule has 1 heterocycles. The summed E-state index contributed by atoms with van der Waals surface area (Å²) in [6.07, 6.45) is 1.60. The average molecular weight is 266 g/mol. The van der Waals surface area contributed by atoms with E-state index in [1.807, 2.05) is 26.8 Å². The topological polar surface area (TPSA) is 51.2 Å². The lowest BCUT2D eigenvalue weighted by molar-refractivity contribution is -0.111. The molecule has 0 saturated carbocycles. The van der Waals surface area contributed by atoms with Crippen molar-refractivity contribution in [1.29, 1.82) is 0 Å². The molecule has 1 aromatic heterocycles. The van der Waals surface area contributed by atoms with Crippen LogP contribution in [0, 0.1) is 18.8 Å². The third-order valence-corrected chi connectivity index (χ3v) is 3.05. The minimum atomic E-state index is -0.301. The number of aryl methyl sites for hydroxylation is 1. The van der Waals surface area contributed by atoms with E-state index in [-0.39, 0.29) is 12.0 Å². The molecule has 0 fully saturated rings. The SMILES string of the molecule is CCOC(CC)CC#CC(=O)Nc1cc(C)ns1. The molecule has 98 valence electrons. The number of ether oxygens (including phenoxy) is 1. The standard InChI is InChI=1S/C13H18N2O2S/c1-4-11(17-5-2)7-6-8-12(16)14-13-9-10(3)15-18-13/h9,11H,4-5,7H2,1-3H3,(H,14,16). The Morgan fingerprint density at radius 2 is 2.39 bits per heavy atom. The third kappa shape index (κ3) is 5.30. The van der Waals surface area contributed by atoms with Gasteiger partial charge in [-0.05, 0) is 43.8 Å². The molecule has 0 aliphatic rings. The number of amides is 1. The Morgan fingerprint density at radius 3 is 2.94 bits per heavy atom. The fourth-order valence-corrected chi connectivity index (χ4v) is 2.02. The van der Waals surface area contributed by atoms with Gasteiger partial charge in [-0.1, -0.05) is 12.8 Å². The van der Waals surface area contributed by atoms with Crippen LogP contribution in [0.2, 0.25) is 0 Å². The molecule has 1 rings (SSSR count). The summed E-state index contributed by atoms with van der Waals surface area (Å²) in [7, 11) is 0. The number of nitrogens with one attached hydrogen (secondary N) is 1. The van der Waals surface area contributed by atoms with Crippen LogP contribution in [0.1, 0.15) is 32.4 Å². The summed E-state index contributed by atoms with van der Waals surface area (Å²) >= 11 is 1.26. The Hall–Kier alpha value is -1.38. The van der Waals surface area contributed by atoms with E-state index in [1.165, 1.54) is 11.5 Å². The molecule has 1 N–H and O–H groups in total. The van der Waals surface area contributed by atoms with Crippen molar-refractivity contribution >= 4 is 22.4 Å². The van der Waals surface area contributed by atoms with Crippen LogP contribution >= 0.6 is 11.5 Å². The minimum Gasteiger partial charge on any atom is -0.378 e. The predicted molar refractivity (Wildman–Crippen MR) is 73.6 cm³/mol. The summed E-state index contributed by atoms with van der Waals surface area (Å²) < 4.78 is 9.53. The van der Waals surface area contributed by atoms with Gasteiger partial charge in [-0.15, -0.1) is 0 Å². The number of carbonyl (C=O) groups excluding carboxylic acids is 1. The van der Waals surface area contributed by atoms with Crippen molar-refractivity contribution in [2.75, 3.05) is 11.9 Å². The van der Waals surface area contributed by atoms with Gasteiger partial charge in [0.15, 0.2) is 0 Å². The van der Waals surface area contributed by atoms with Crippen molar-refractivity contribution < 1.29 is 9.53 Å². The van der Waals surface area contributed by atoms with Crippen LogP contribution in [0.15, 0.2) is 6.07 Å². The molecular formula is C13H18N2O2S. The molecule has 1 aromatic rings. The number of anilines is 1. The van der Waals surface area contributed by atoms with E-state index in [1.54, 1.807) is 0 Å². The molecule has 1 unspecified atom stereocenters. The van der Waals surface area contributed by atoms with Crippen LogP contribution in [0.25, 0.3) is 0 Å². The lowest BCUT2D eigenvalue weighted by atomic mass is 10.2. The number of hydrogen-bond acceptors (Lipinski definition) is 4. The molecule has 5 heteroatoms. The van der Waals surface area contributed by atoms with Gasteiger partial charge in [0.25, 0.3) is 0 Å². The maximum absolute atomic E-state index is 11.5. The maximum atomic E-state index is 11.5. The molecule has 0 saturated heterocycles. The van der Waals surface area contributed by atoms with Gasteiger partial charge in [0.2, 0.25) is 0 Å². The second-order valence-electron chi connectivity index (χ2n) is 3.78. The number of aromatic nitrogens is 1. The number of carbonyl (C=O) groups is 1. The highest BCUT2D eigenvalue weighted by atomic mass is 32.1. The minimum absolute atomic E-state index is 0.112. The molecule has 0 aromatic carbocycles. The first kappa shape index (κ1) is 14.7. The zero-order valence-corrected chi connectivity index (χ0v) is 11.8. The summed E-state index contributed by atoms with van der Waals surface area (Å²) in [4.78, 5) is 11.5. The van der Waals surface area contributed by atoms with E-state index in [9.17, 15) is 4.79 Å². The zero-order valence-electron chi connectivity index (χ0n) is 10.9. The Labute approximate surface area is 112 Å². The molecule has 4 nitrogen and oxygen atoms in total. The van der Waals surface area contributed by atoms with E-state index in [4.69, 9.17) is 4.74 Å². The maximum Gasteiger partial charge on any atom is 0.300 e. The highest BCUT2D eigenvalue weighted by Gasteiger charge is 2.04. The number of nitrogens with zero attached hydrogens (tertiary/aromatic N) is 1. The van der Waals surface area contributed by atoms with Gasteiger partial charge in [0, 0.05) is 13.0 Å². The van der Waals surface area contributed by atoms with Gasteiger partial charge in [-0.25, -0.2) is 0 Å². The van der Waals surface area contributed by atoms with Crippen LogP contribution in [-0.4, -0.2) is 23.0 Å². The van der Waals surface area contributed by atoms with Crippen molar-refractivity contribution in [3.63, 3.8) is 0 Å². The van der Waals surface area contributed by atoms with Crippen LogP contribution < -0.4 is 5.32 Å². The van der Waals surface area contributed by atoms with Crippen molar-refractivity contribution in [2.24, 2.45) is 0 Å².